The molecule has 0 amide bonds. The molecule has 0 aromatic rings. The fourth-order valence-electron chi connectivity index (χ4n) is 2.29. The Bertz CT molecular complexity index is 224. The van der Waals surface area contributed by atoms with E-state index >= 15 is 0 Å². The van der Waals surface area contributed by atoms with Crippen LogP contribution in [0.25, 0.3) is 0 Å². The Labute approximate surface area is 101 Å². The number of esters is 1. The van der Waals surface area contributed by atoms with Crippen LogP contribution in [-0.4, -0.2) is 34.1 Å². The van der Waals surface area contributed by atoms with Crippen LogP contribution in [0.5, 0.6) is 0 Å². The molecule has 0 bridgehead atoms. The van der Waals surface area contributed by atoms with Gasteiger partial charge in [0.25, 0.3) is 0 Å². The molecule has 1 fully saturated rings. The average molecular weight is 244 g/mol. The molecule has 1 aliphatic rings. The first-order valence-corrected chi connectivity index (χ1v) is 7.33. The summed E-state index contributed by atoms with van der Waals surface area (Å²) in [5.41, 5.74) is 0. The summed E-state index contributed by atoms with van der Waals surface area (Å²) >= 11 is 0. The SMILES string of the molecule is CC(=O)OC(C)CCCC1([SiH3])CCCCO1. The first-order valence-electron chi connectivity index (χ1n) is 6.33. The summed E-state index contributed by atoms with van der Waals surface area (Å²) in [5.74, 6) is -0.179. The molecule has 0 saturated carbocycles. The molecule has 3 nitrogen and oxygen atoms in total. The highest BCUT2D eigenvalue weighted by Gasteiger charge is 2.27. The molecule has 1 aliphatic heterocycles. The average Bonchev–Trinajstić information content (AvgIpc) is 2.17. The molecule has 0 N–H and O–H groups in total. The maximum Gasteiger partial charge on any atom is 0.302 e. The quantitative estimate of drug-likeness (QED) is 0.541. The van der Waals surface area contributed by atoms with Crippen molar-refractivity contribution < 1.29 is 14.3 Å². The third kappa shape index (κ3) is 5.12. The molecule has 1 saturated heterocycles. The van der Waals surface area contributed by atoms with Crippen LogP contribution in [0.3, 0.4) is 0 Å². The molecular weight excluding hydrogens is 220 g/mol. The number of carbonyl (C=O) groups is 1. The van der Waals surface area contributed by atoms with Gasteiger partial charge < -0.3 is 9.47 Å². The molecule has 4 heteroatoms. The van der Waals surface area contributed by atoms with E-state index in [1.165, 1.54) is 26.2 Å². The van der Waals surface area contributed by atoms with Gasteiger partial charge in [0.2, 0.25) is 0 Å². The van der Waals surface area contributed by atoms with Crippen LogP contribution in [-0.2, 0) is 14.3 Å². The first kappa shape index (κ1) is 13.7. The van der Waals surface area contributed by atoms with Crippen LogP contribution in [0.1, 0.15) is 52.4 Å². The summed E-state index contributed by atoms with van der Waals surface area (Å²) in [6, 6.07) is 0. The van der Waals surface area contributed by atoms with E-state index in [-0.39, 0.29) is 17.3 Å². The molecule has 0 radical (unpaired) electrons. The minimum Gasteiger partial charge on any atom is -0.463 e. The van der Waals surface area contributed by atoms with Crippen LogP contribution in [0.4, 0.5) is 0 Å². The standard InChI is InChI=1S/C12H24O3Si/c1-10(15-11(2)13)6-5-8-12(16)7-3-4-9-14-12/h10H,3-9H2,1-2,16H3. The van der Waals surface area contributed by atoms with E-state index in [0.29, 0.717) is 0 Å². The maximum absolute atomic E-state index is 10.7. The van der Waals surface area contributed by atoms with Gasteiger partial charge in [-0.15, -0.1) is 0 Å². The summed E-state index contributed by atoms with van der Waals surface area (Å²) in [5, 5.41) is 0.203. The molecule has 0 aliphatic carbocycles. The Morgan fingerprint density at radius 3 is 2.88 bits per heavy atom. The van der Waals surface area contributed by atoms with Crippen LogP contribution in [0.15, 0.2) is 0 Å². The lowest BCUT2D eigenvalue weighted by Crippen LogP contribution is -2.36. The monoisotopic (exact) mass is 244 g/mol. The van der Waals surface area contributed by atoms with Crippen LogP contribution < -0.4 is 0 Å². The van der Waals surface area contributed by atoms with E-state index in [1.54, 1.807) is 0 Å². The summed E-state index contributed by atoms with van der Waals surface area (Å²) < 4.78 is 11.0. The highest BCUT2D eigenvalue weighted by atomic mass is 28.1. The molecule has 0 aromatic heterocycles. The van der Waals surface area contributed by atoms with Crippen molar-refractivity contribution in [2.75, 3.05) is 6.61 Å². The van der Waals surface area contributed by atoms with Crippen LogP contribution in [0, 0.1) is 0 Å². The number of hydrogen-bond donors (Lipinski definition) is 0. The van der Waals surface area contributed by atoms with Crippen LogP contribution in [0.2, 0.25) is 0 Å². The van der Waals surface area contributed by atoms with Crippen molar-refractivity contribution in [3.63, 3.8) is 0 Å². The molecule has 94 valence electrons. The van der Waals surface area contributed by atoms with Gasteiger partial charge in [0.05, 0.1) is 6.10 Å². The number of carbonyl (C=O) groups excluding carboxylic acids is 1. The maximum atomic E-state index is 10.7. The van der Waals surface area contributed by atoms with Gasteiger partial charge in [-0.3, -0.25) is 4.79 Å². The lowest BCUT2D eigenvalue weighted by Gasteiger charge is -2.34. The first-order chi connectivity index (χ1) is 7.52. The predicted molar refractivity (Wildman–Crippen MR) is 67.6 cm³/mol. The van der Waals surface area contributed by atoms with Crippen molar-refractivity contribution in [2.45, 2.75) is 63.7 Å². The second-order valence-corrected chi connectivity index (χ2v) is 6.89. The van der Waals surface area contributed by atoms with Gasteiger partial charge in [0, 0.05) is 29.0 Å². The zero-order valence-corrected chi connectivity index (χ0v) is 12.8. The number of ether oxygens (including phenoxy) is 2. The third-order valence-electron chi connectivity index (χ3n) is 3.23. The summed E-state index contributed by atoms with van der Waals surface area (Å²) in [7, 11) is 1.11. The summed E-state index contributed by atoms with van der Waals surface area (Å²) in [6.07, 6.45) is 6.97. The van der Waals surface area contributed by atoms with E-state index < -0.39 is 0 Å². The zero-order chi connectivity index (χ0) is 12.0. The Balaban J connectivity index is 2.16. The van der Waals surface area contributed by atoms with Crippen molar-refractivity contribution >= 4 is 16.2 Å². The van der Waals surface area contributed by atoms with Gasteiger partial charge in [0.15, 0.2) is 0 Å². The molecule has 2 atom stereocenters. The van der Waals surface area contributed by atoms with Crippen molar-refractivity contribution in [2.24, 2.45) is 0 Å². The van der Waals surface area contributed by atoms with Crippen molar-refractivity contribution in [3.05, 3.63) is 0 Å². The van der Waals surface area contributed by atoms with E-state index in [9.17, 15) is 4.79 Å². The number of rotatable bonds is 5. The molecule has 1 rings (SSSR count). The highest BCUT2D eigenvalue weighted by molar-refractivity contribution is 6.14. The second-order valence-electron chi connectivity index (χ2n) is 5.07. The van der Waals surface area contributed by atoms with Gasteiger partial charge in [-0.25, -0.2) is 0 Å². The Kier molecular flexibility index (Phi) is 5.48. The minimum atomic E-state index is -0.179. The van der Waals surface area contributed by atoms with Gasteiger partial charge in [-0.2, -0.15) is 0 Å². The lowest BCUT2D eigenvalue weighted by molar-refractivity contribution is -0.145. The Morgan fingerprint density at radius 2 is 2.31 bits per heavy atom. The van der Waals surface area contributed by atoms with Gasteiger partial charge in [0.1, 0.15) is 0 Å². The molecule has 1 heterocycles. The van der Waals surface area contributed by atoms with Gasteiger partial charge >= 0.3 is 5.97 Å². The molecule has 0 spiro atoms. The normalized spacial score (nSPS) is 27.6. The Morgan fingerprint density at radius 1 is 1.56 bits per heavy atom. The zero-order valence-electron chi connectivity index (χ0n) is 10.8. The van der Waals surface area contributed by atoms with E-state index in [4.69, 9.17) is 9.47 Å². The van der Waals surface area contributed by atoms with Crippen molar-refractivity contribution in [1.29, 1.82) is 0 Å². The lowest BCUT2D eigenvalue weighted by atomic mass is 10.0. The van der Waals surface area contributed by atoms with E-state index in [1.807, 2.05) is 6.92 Å². The van der Waals surface area contributed by atoms with E-state index in [2.05, 4.69) is 0 Å². The third-order valence-corrected chi connectivity index (χ3v) is 4.52. The minimum absolute atomic E-state index is 0.0476. The fraction of sp³-hybridized carbons (Fsp3) is 0.917. The highest BCUT2D eigenvalue weighted by Crippen LogP contribution is 2.27. The molecule has 2 unspecified atom stereocenters. The largest absolute Gasteiger partial charge is 0.463 e. The predicted octanol–water partition coefficient (Wildman–Crippen LogP) is 1.37. The van der Waals surface area contributed by atoms with E-state index in [0.717, 1.165) is 36.1 Å². The van der Waals surface area contributed by atoms with Gasteiger partial charge in [-0.05, 0) is 45.4 Å². The topological polar surface area (TPSA) is 35.5 Å². The smallest absolute Gasteiger partial charge is 0.302 e. The fourth-order valence-corrected chi connectivity index (χ4v) is 3.21. The van der Waals surface area contributed by atoms with Crippen molar-refractivity contribution in [1.82, 2.24) is 0 Å². The summed E-state index contributed by atoms with van der Waals surface area (Å²) in [6.45, 7) is 4.36. The molecule has 16 heavy (non-hydrogen) atoms. The van der Waals surface area contributed by atoms with Crippen LogP contribution >= 0.6 is 0 Å². The van der Waals surface area contributed by atoms with Gasteiger partial charge in [-0.1, -0.05) is 0 Å². The Hall–Kier alpha value is -0.353. The van der Waals surface area contributed by atoms with Crippen molar-refractivity contribution in [3.8, 4) is 0 Å². The second kappa shape index (κ2) is 6.40. The number of hydrogen-bond acceptors (Lipinski definition) is 3. The molecular formula is C12H24O3Si. The molecule has 0 aromatic carbocycles. The summed E-state index contributed by atoms with van der Waals surface area (Å²) in [4.78, 5) is 10.7.